The first-order valence-electron chi connectivity index (χ1n) is 5.19. The van der Waals surface area contributed by atoms with Gasteiger partial charge in [-0.05, 0) is 24.6 Å². The highest BCUT2D eigenvalue weighted by molar-refractivity contribution is 5.97. The summed E-state index contributed by atoms with van der Waals surface area (Å²) >= 11 is 0. The van der Waals surface area contributed by atoms with E-state index in [0.717, 1.165) is 0 Å². The molecular weight excluding hydrogens is 225 g/mol. The van der Waals surface area contributed by atoms with Gasteiger partial charge in [-0.3, -0.25) is 0 Å². The first-order valence-corrected chi connectivity index (χ1v) is 5.19. The monoisotopic (exact) mass is 241 g/mol. The van der Waals surface area contributed by atoms with Gasteiger partial charge < -0.3 is 20.9 Å². The lowest BCUT2D eigenvalue weighted by Gasteiger charge is -2.19. The zero-order valence-electron chi connectivity index (χ0n) is 9.60. The summed E-state index contributed by atoms with van der Waals surface area (Å²) in [5, 5.41) is 20.0. The fourth-order valence-corrected chi connectivity index (χ4v) is 1.46. The van der Waals surface area contributed by atoms with Gasteiger partial charge >= 0.3 is 0 Å². The summed E-state index contributed by atoms with van der Waals surface area (Å²) in [6.07, 6.45) is 0.567. The van der Waals surface area contributed by atoms with E-state index in [1.807, 2.05) is 0 Å². The van der Waals surface area contributed by atoms with E-state index in [2.05, 4.69) is 5.16 Å². The van der Waals surface area contributed by atoms with Gasteiger partial charge in [-0.15, -0.1) is 0 Å². The zero-order chi connectivity index (χ0) is 12.8. The average molecular weight is 241 g/mol. The van der Waals surface area contributed by atoms with Crippen molar-refractivity contribution in [1.82, 2.24) is 0 Å². The second kappa shape index (κ2) is 6.05. The van der Waals surface area contributed by atoms with Crippen LogP contribution in [0.5, 0.6) is 0 Å². The lowest BCUT2D eigenvalue weighted by atomic mass is 10.1. The predicted octanol–water partition coefficient (Wildman–Crippen LogP) is 0.739. The van der Waals surface area contributed by atoms with Crippen molar-refractivity contribution in [2.75, 3.05) is 25.1 Å². The third-order valence-corrected chi connectivity index (χ3v) is 2.41. The minimum Gasteiger partial charge on any atom is -0.409 e. The molecule has 0 amide bonds. The summed E-state index contributed by atoms with van der Waals surface area (Å²) in [6, 6.07) is 4.34. The second-order valence-corrected chi connectivity index (χ2v) is 3.65. The highest BCUT2D eigenvalue weighted by atomic mass is 19.1. The van der Waals surface area contributed by atoms with Crippen molar-refractivity contribution in [2.24, 2.45) is 10.9 Å². The summed E-state index contributed by atoms with van der Waals surface area (Å²) in [7, 11) is 1.73. The summed E-state index contributed by atoms with van der Waals surface area (Å²) in [5.41, 5.74) is 6.09. The molecule has 0 aliphatic carbocycles. The normalized spacial score (nSPS) is 11.6. The summed E-state index contributed by atoms with van der Waals surface area (Å²) < 4.78 is 13.7. The average Bonchev–Trinajstić information content (AvgIpc) is 2.34. The number of benzene rings is 1. The molecule has 1 rings (SSSR count). The van der Waals surface area contributed by atoms with Crippen molar-refractivity contribution in [3.05, 3.63) is 29.6 Å². The molecule has 0 bridgehead atoms. The number of rotatable bonds is 5. The van der Waals surface area contributed by atoms with E-state index in [0.29, 0.717) is 24.2 Å². The van der Waals surface area contributed by atoms with E-state index >= 15 is 0 Å². The minimum absolute atomic E-state index is 0.0637. The number of aliphatic hydroxyl groups is 1. The molecule has 0 saturated carbocycles. The van der Waals surface area contributed by atoms with Crippen LogP contribution in [0.25, 0.3) is 0 Å². The van der Waals surface area contributed by atoms with Gasteiger partial charge in [-0.25, -0.2) is 4.39 Å². The molecular formula is C11H16FN3O2. The molecule has 0 aromatic heterocycles. The summed E-state index contributed by atoms with van der Waals surface area (Å²) in [6.45, 7) is 0.616. The van der Waals surface area contributed by atoms with E-state index in [9.17, 15) is 4.39 Å². The third kappa shape index (κ3) is 3.32. The Morgan fingerprint density at radius 3 is 2.76 bits per heavy atom. The molecule has 0 aliphatic rings. The predicted molar refractivity (Wildman–Crippen MR) is 63.9 cm³/mol. The molecule has 17 heavy (non-hydrogen) atoms. The second-order valence-electron chi connectivity index (χ2n) is 3.65. The first-order chi connectivity index (χ1) is 8.10. The quantitative estimate of drug-likeness (QED) is 0.307. The van der Waals surface area contributed by atoms with Crippen LogP contribution in [0.4, 0.5) is 10.1 Å². The summed E-state index contributed by atoms with van der Waals surface area (Å²) in [4.78, 5) is 1.70. The maximum absolute atomic E-state index is 13.7. The Balaban J connectivity index is 2.89. The molecule has 0 atom stereocenters. The van der Waals surface area contributed by atoms with Crippen LogP contribution < -0.4 is 10.6 Å². The van der Waals surface area contributed by atoms with Crippen molar-refractivity contribution >= 4 is 11.5 Å². The molecule has 0 spiro atoms. The Hall–Kier alpha value is -1.82. The number of nitrogens with two attached hydrogens (primary N) is 1. The molecule has 4 N–H and O–H groups in total. The van der Waals surface area contributed by atoms with Crippen molar-refractivity contribution < 1.29 is 14.7 Å². The fraction of sp³-hybridized carbons (Fsp3) is 0.364. The fourth-order valence-electron chi connectivity index (χ4n) is 1.46. The van der Waals surface area contributed by atoms with Crippen LogP contribution in [0.1, 0.15) is 12.0 Å². The number of oxime groups is 1. The molecule has 94 valence electrons. The van der Waals surface area contributed by atoms with Gasteiger partial charge in [0.15, 0.2) is 5.84 Å². The molecule has 5 nitrogen and oxygen atoms in total. The Bertz CT molecular complexity index is 410. The van der Waals surface area contributed by atoms with Crippen molar-refractivity contribution in [2.45, 2.75) is 6.42 Å². The van der Waals surface area contributed by atoms with Gasteiger partial charge in [0.25, 0.3) is 0 Å². The van der Waals surface area contributed by atoms with E-state index in [4.69, 9.17) is 16.0 Å². The lowest BCUT2D eigenvalue weighted by molar-refractivity contribution is 0.290. The van der Waals surface area contributed by atoms with E-state index in [1.54, 1.807) is 24.1 Å². The molecule has 0 unspecified atom stereocenters. The molecule has 0 heterocycles. The highest BCUT2D eigenvalue weighted by Crippen LogP contribution is 2.19. The molecule has 0 saturated heterocycles. The number of halogens is 1. The number of aliphatic hydroxyl groups excluding tert-OH is 1. The van der Waals surface area contributed by atoms with Gasteiger partial charge in [-0.2, -0.15) is 0 Å². The van der Waals surface area contributed by atoms with Crippen LogP contribution in [0.15, 0.2) is 23.4 Å². The van der Waals surface area contributed by atoms with Gasteiger partial charge in [0.05, 0.1) is 5.69 Å². The largest absolute Gasteiger partial charge is 0.409 e. The number of hydrogen-bond donors (Lipinski definition) is 3. The van der Waals surface area contributed by atoms with Crippen LogP contribution >= 0.6 is 0 Å². The van der Waals surface area contributed by atoms with Crippen LogP contribution in [0.2, 0.25) is 0 Å². The van der Waals surface area contributed by atoms with Crippen molar-refractivity contribution in [3.63, 3.8) is 0 Å². The van der Waals surface area contributed by atoms with Gasteiger partial charge in [0.1, 0.15) is 5.82 Å². The van der Waals surface area contributed by atoms with Crippen molar-refractivity contribution in [1.29, 1.82) is 0 Å². The van der Waals surface area contributed by atoms with Crippen LogP contribution in [0.3, 0.4) is 0 Å². The standard InChI is InChI=1S/C11H16FN3O2/c1-15(5-2-6-16)10-4-3-8(7-9(10)12)11(13)14-17/h3-4,7,16-17H,2,5-6H2,1H3,(H2,13,14). The zero-order valence-corrected chi connectivity index (χ0v) is 9.60. The first kappa shape index (κ1) is 13.2. The number of amidine groups is 1. The SMILES string of the molecule is CN(CCCO)c1ccc(/C(N)=N/O)cc1F. The Morgan fingerprint density at radius 1 is 1.53 bits per heavy atom. The number of hydrogen-bond acceptors (Lipinski definition) is 4. The van der Waals surface area contributed by atoms with E-state index in [-0.39, 0.29) is 12.4 Å². The summed E-state index contributed by atoms with van der Waals surface area (Å²) in [5.74, 6) is -0.581. The van der Waals surface area contributed by atoms with Gasteiger partial charge in [0.2, 0.25) is 0 Å². The van der Waals surface area contributed by atoms with E-state index < -0.39 is 5.82 Å². The van der Waals surface area contributed by atoms with E-state index in [1.165, 1.54) is 6.07 Å². The van der Waals surface area contributed by atoms with Crippen LogP contribution in [-0.2, 0) is 0 Å². The topological polar surface area (TPSA) is 82.1 Å². The Labute approximate surface area is 99.0 Å². The Morgan fingerprint density at radius 2 is 2.24 bits per heavy atom. The Kier molecular flexibility index (Phi) is 4.71. The molecule has 1 aromatic rings. The third-order valence-electron chi connectivity index (χ3n) is 2.41. The lowest BCUT2D eigenvalue weighted by Crippen LogP contribution is -2.21. The molecule has 0 radical (unpaired) electrons. The molecule has 1 aromatic carbocycles. The number of anilines is 1. The van der Waals surface area contributed by atoms with Crippen LogP contribution in [-0.4, -0.2) is 36.3 Å². The highest BCUT2D eigenvalue weighted by Gasteiger charge is 2.09. The minimum atomic E-state index is -0.450. The molecule has 0 aliphatic heterocycles. The molecule has 0 fully saturated rings. The molecule has 6 heteroatoms. The maximum Gasteiger partial charge on any atom is 0.170 e. The van der Waals surface area contributed by atoms with Crippen molar-refractivity contribution in [3.8, 4) is 0 Å². The smallest absolute Gasteiger partial charge is 0.170 e. The van der Waals surface area contributed by atoms with Gasteiger partial charge in [-0.1, -0.05) is 5.16 Å². The number of nitrogens with zero attached hydrogens (tertiary/aromatic N) is 2. The maximum atomic E-state index is 13.7. The van der Waals surface area contributed by atoms with Crippen LogP contribution in [0, 0.1) is 5.82 Å². The van der Waals surface area contributed by atoms with Gasteiger partial charge in [0, 0.05) is 25.8 Å².